The number of thiocarbonyl (C=S) groups is 1. The number of nitrogens with zero attached hydrogens (tertiary/aromatic N) is 1. The van der Waals surface area contributed by atoms with Gasteiger partial charge in [-0.25, -0.2) is 0 Å². The number of nitrogens with two attached hydrogens (primary N) is 1. The SMILES string of the molecule is CCC(C)(C(=O)N1CCC(CO)CC1)C(N)=S. The molecule has 1 amide bonds. The molecule has 4 nitrogen and oxygen atoms in total. The average Bonchev–Trinajstić information content (AvgIpc) is 2.36. The monoisotopic (exact) mass is 258 g/mol. The second-order valence-electron chi connectivity index (χ2n) is 4.97. The Labute approximate surface area is 108 Å². The van der Waals surface area contributed by atoms with E-state index in [1.165, 1.54) is 0 Å². The number of piperidine rings is 1. The van der Waals surface area contributed by atoms with Gasteiger partial charge in [-0.05, 0) is 32.1 Å². The molecule has 17 heavy (non-hydrogen) atoms. The Hall–Kier alpha value is -0.680. The molecule has 0 bridgehead atoms. The molecule has 1 rings (SSSR count). The van der Waals surface area contributed by atoms with E-state index in [4.69, 9.17) is 23.1 Å². The Morgan fingerprint density at radius 3 is 2.41 bits per heavy atom. The van der Waals surface area contributed by atoms with Crippen LogP contribution in [0.25, 0.3) is 0 Å². The molecule has 0 aliphatic carbocycles. The van der Waals surface area contributed by atoms with Gasteiger partial charge in [0.25, 0.3) is 0 Å². The molecule has 1 aliphatic heterocycles. The van der Waals surface area contributed by atoms with Crippen molar-refractivity contribution < 1.29 is 9.90 Å². The summed E-state index contributed by atoms with van der Waals surface area (Å²) in [5.41, 5.74) is 4.97. The zero-order chi connectivity index (χ0) is 13.1. The predicted molar refractivity (Wildman–Crippen MR) is 71.6 cm³/mol. The largest absolute Gasteiger partial charge is 0.396 e. The van der Waals surface area contributed by atoms with Crippen molar-refractivity contribution in [3.63, 3.8) is 0 Å². The van der Waals surface area contributed by atoms with Crippen molar-refractivity contribution in [2.45, 2.75) is 33.1 Å². The lowest BCUT2D eigenvalue weighted by atomic mass is 9.84. The first-order valence-electron chi connectivity index (χ1n) is 6.15. The minimum absolute atomic E-state index is 0.0314. The van der Waals surface area contributed by atoms with E-state index in [2.05, 4.69) is 0 Å². The molecule has 0 aromatic rings. The molecule has 3 N–H and O–H groups in total. The fraction of sp³-hybridized carbons (Fsp3) is 0.833. The molecule has 1 heterocycles. The van der Waals surface area contributed by atoms with E-state index in [1.807, 2.05) is 18.7 Å². The number of hydrogen-bond donors (Lipinski definition) is 2. The van der Waals surface area contributed by atoms with Gasteiger partial charge in [0, 0.05) is 19.7 Å². The smallest absolute Gasteiger partial charge is 0.235 e. The molecule has 5 heteroatoms. The van der Waals surface area contributed by atoms with Gasteiger partial charge in [0.1, 0.15) is 0 Å². The Kier molecular flexibility index (Phi) is 4.89. The molecule has 1 fully saturated rings. The minimum atomic E-state index is -0.721. The molecule has 0 saturated carbocycles. The van der Waals surface area contributed by atoms with E-state index in [1.54, 1.807) is 0 Å². The molecule has 98 valence electrons. The van der Waals surface area contributed by atoms with Gasteiger partial charge in [0.05, 0.1) is 10.4 Å². The lowest BCUT2D eigenvalue weighted by Crippen LogP contribution is -2.51. The van der Waals surface area contributed by atoms with Crippen molar-refractivity contribution in [1.82, 2.24) is 4.90 Å². The molecule has 1 atom stereocenters. The molecule has 1 saturated heterocycles. The zero-order valence-corrected chi connectivity index (χ0v) is 11.4. The van der Waals surface area contributed by atoms with Gasteiger partial charge >= 0.3 is 0 Å². The summed E-state index contributed by atoms with van der Waals surface area (Å²) in [7, 11) is 0. The molecule has 0 aromatic heterocycles. The fourth-order valence-electron chi connectivity index (χ4n) is 2.10. The van der Waals surface area contributed by atoms with Gasteiger partial charge in [0.2, 0.25) is 5.91 Å². The highest BCUT2D eigenvalue weighted by atomic mass is 32.1. The van der Waals surface area contributed by atoms with Crippen LogP contribution in [-0.2, 0) is 4.79 Å². The van der Waals surface area contributed by atoms with Crippen LogP contribution in [0.3, 0.4) is 0 Å². The maximum atomic E-state index is 12.4. The van der Waals surface area contributed by atoms with Crippen LogP contribution in [0.15, 0.2) is 0 Å². The first kappa shape index (κ1) is 14.4. The number of hydrogen-bond acceptors (Lipinski definition) is 3. The van der Waals surface area contributed by atoms with Crippen LogP contribution in [0.2, 0.25) is 0 Å². The van der Waals surface area contributed by atoms with Crippen molar-refractivity contribution in [2.24, 2.45) is 17.1 Å². The Morgan fingerprint density at radius 1 is 1.53 bits per heavy atom. The molecular weight excluding hydrogens is 236 g/mol. The number of aliphatic hydroxyl groups is 1. The number of likely N-dealkylation sites (tertiary alicyclic amines) is 1. The van der Waals surface area contributed by atoms with Crippen molar-refractivity contribution in [3.05, 3.63) is 0 Å². The van der Waals surface area contributed by atoms with E-state index in [0.717, 1.165) is 12.8 Å². The van der Waals surface area contributed by atoms with Crippen molar-refractivity contribution >= 4 is 23.1 Å². The summed E-state index contributed by atoms with van der Waals surface area (Å²) >= 11 is 5.01. The number of carbonyl (C=O) groups excluding carboxylic acids is 1. The molecule has 1 unspecified atom stereocenters. The summed E-state index contributed by atoms with van der Waals surface area (Å²) < 4.78 is 0. The molecule has 0 radical (unpaired) electrons. The first-order chi connectivity index (χ1) is 7.95. The fourth-order valence-corrected chi connectivity index (χ4v) is 2.33. The summed E-state index contributed by atoms with van der Waals surface area (Å²) in [5.74, 6) is 0.362. The lowest BCUT2D eigenvalue weighted by Gasteiger charge is -2.37. The van der Waals surface area contributed by atoms with Crippen molar-refractivity contribution in [1.29, 1.82) is 0 Å². The summed E-state index contributed by atoms with van der Waals surface area (Å²) in [4.78, 5) is 14.5. The standard InChI is InChI=1S/C12H22N2O2S/c1-3-12(2,10(13)17)11(16)14-6-4-9(8-15)5-7-14/h9,15H,3-8H2,1-2H3,(H2,13,17). The first-order valence-corrected chi connectivity index (χ1v) is 6.56. The summed E-state index contributed by atoms with van der Waals surface area (Å²) in [6, 6.07) is 0. The van der Waals surface area contributed by atoms with Gasteiger partial charge in [-0.1, -0.05) is 19.1 Å². The Balaban J connectivity index is 2.68. The molecule has 1 aliphatic rings. The second kappa shape index (κ2) is 5.78. The maximum absolute atomic E-state index is 12.4. The highest BCUT2D eigenvalue weighted by Crippen LogP contribution is 2.27. The van der Waals surface area contributed by atoms with Gasteiger partial charge in [-0.15, -0.1) is 0 Å². The van der Waals surface area contributed by atoms with Crippen LogP contribution in [0.5, 0.6) is 0 Å². The maximum Gasteiger partial charge on any atom is 0.235 e. The average molecular weight is 258 g/mol. The zero-order valence-electron chi connectivity index (χ0n) is 10.6. The van der Waals surface area contributed by atoms with Gasteiger partial charge in [-0.3, -0.25) is 4.79 Å². The van der Waals surface area contributed by atoms with Crippen LogP contribution >= 0.6 is 12.2 Å². The minimum Gasteiger partial charge on any atom is -0.396 e. The third-order valence-corrected chi connectivity index (χ3v) is 4.33. The Morgan fingerprint density at radius 2 is 2.06 bits per heavy atom. The van der Waals surface area contributed by atoms with Gasteiger partial charge in [-0.2, -0.15) is 0 Å². The van der Waals surface area contributed by atoms with Gasteiger partial charge < -0.3 is 15.7 Å². The third kappa shape index (κ3) is 2.96. The van der Waals surface area contributed by atoms with Crippen LogP contribution in [0.4, 0.5) is 0 Å². The summed E-state index contributed by atoms with van der Waals surface area (Å²) in [6.07, 6.45) is 2.35. The number of rotatable bonds is 4. The summed E-state index contributed by atoms with van der Waals surface area (Å²) in [5, 5.41) is 9.07. The number of carbonyl (C=O) groups is 1. The molecule has 0 spiro atoms. The Bertz CT molecular complexity index is 301. The van der Waals surface area contributed by atoms with E-state index in [9.17, 15) is 4.79 Å². The van der Waals surface area contributed by atoms with Crippen LogP contribution in [-0.4, -0.2) is 40.6 Å². The second-order valence-corrected chi connectivity index (χ2v) is 5.41. The van der Waals surface area contributed by atoms with Crippen LogP contribution in [0, 0.1) is 11.3 Å². The van der Waals surface area contributed by atoms with Crippen LogP contribution in [0.1, 0.15) is 33.1 Å². The topological polar surface area (TPSA) is 66.6 Å². The number of amides is 1. The van der Waals surface area contributed by atoms with Gasteiger partial charge in [0.15, 0.2) is 0 Å². The molecule has 0 aromatic carbocycles. The van der Waals surface area contributed by atoms with Crippen molar-refractivity contribution in [3.8, 4) is 0 Å². The van der Waals surface area contributed by atoms with E-state index < -0.39 is 5.41 Å². The lowest BCUT2D eigenvalue weighted by molar-refractivity contribution is -0.139. The quantitative estimate of drug-likeness (QED) is 0.736. The third-order valence-electron chi connectivity index (χ3n) is 3.88. The van der Waals surface area contributed by atoms with Crippen LogP contribution < -0.4 is 5.73 Å². The van der Waals surface area contributed by atoms with E-state index in [-0.39, 0.29) is 17.5 Å². The normalized spacial score (nSPS) is 21.0. The summed E-state index contributed by atoms with van der Waals surface area (Å²) in [6.45, 7) is 5.35. The van der Waals surface area contributed by atoms with Crippen molar-refractivity contribution in [2.75, 3.05) is 19.7 Å². The highest BCUT2D eigenvalue weighted by molar-refractivity contribution is 7.80. The highest BCUT2D eigenvalue weighted by Gasteiger charge is 2.38. The predicted octanol–water partition coefficient (Wildman–Crippen LogP) is 0.920. The number of aliphatic hydroxyl groups excluding tert-OH is 1. The van der Waals surface area contributed by atoms with E-state index in [0.29, 0.717) is 25.4 Å². The molecular formula is C12H22N2O2S. The van der Waals surface area contributed by atoms with E-state index >= 15 is 0 Å².